The third kappa shape index (κ3) is 3.60. The van der Waals surface area contributed by atoms with Crippen molar-refractivity contribution in [2.75, 3.05) is 31.1 Å². The summed E-state index contributed by atoms with van der Waals surface area (Å²) in [6.45, 7) is 11.2. The second-order valence-electron chi connectivity index (χ2n) is 8.77. The van der Waals surface area contributed by atoms with Crippen LogP contribution in [0.1, 0.15) is 55.7 Å². The van der Waals surface area contributed by atoms with Gasteiger partial charge in [0.25, 0.3) is 5.91 Å². The predicted octanol–water partition coefficient (Wildman–Crippen LogP) is 4.10. The lowest BCUT2D eigenvalue weighted by Crippen LogP contribution is -2.48. The molecule has 1 aliphatic rings. The van der Waals surface area contributed by atoms with Gasteiger partial charge in [0.2, 0.25) is 0 Å². The summed E-state index contributed by atoms with van der Waals surface area (Å²) in [6.07, 6.45) is 3.58. The summed E-state index contributed by atoms with van der Waals surface area (Å²) in [4.78, 5) is 32.6. The largest absolute Gasteiger partial charge is 0.344 e. The highest BCUT2D eigenvalue weighted by Crippen LogP contribution is 2.29. The molecule has 0 atom stereocenters. The Morgan fingerprint density at radius 1 is 1.09 bits per heavy atom. The summed E-state index contributed by atoms with van der Waals surface area (Å²) in [5.74, 6) is 0.277. The topological polar surface area (TPSA) is 80.0 Å². The van der Waals surface area contributed by atoms with Gasteiger partial charge >= 0.3 is 0 Å². The lowest BCUT2D eigenvalue weighted by Gasteiger charge is -2.34. The summed E-state index contributed by atoms with van der Waals surface area (Å²) in [5.41, 5.74) is 3.33. The maximum Gasteiger partial charge on any atom is 0.254 e. The van der Waals surface area contributed by atoms with E-state index in [1.807, 2.05) is 27.8 Å². The molecule has 32 heavy (non-hydrogen) atoms. The standard InChI is InChI=1S/C23H27N7OS/c1-14(2)19-12-16(17-13-25-30(15(3)4)20(17)26-19)22(31)28-8-10-29(11-9-28)23-27-18-6-5-7-24-21(18)32-23/h5-7,12-15H,8-11H2,1-4H3. The van der Waals surface area contributed by atoms with E-state index < -0.39 is 0 Å². The maximum atomic E-state index is 13.6. The molecule has 1 aliphatic heterocycles. The van der Waals surface area contributed by atoms with Crippen molar-refractivity contribution < 1.29 is 4.79 Å². The van der Waals surface area contributed by atoms with Crippen LogP contribution in [0.3, 0.4) is 0 Å². The number of amides is 1. The van der Waals surface area contributed by atoms with E-state index in [-0.39, 0.29) is 17.9 Å². The van der Waals surface area contributed by atoms with E-state index >= 15 is 0 Å². The van der Waals surface area contributed by atoms with Crippen molar-refractivity contribution in [1.29, 1.82) is 0 Å². The normalized spacial score (nSPS) is 14.9. The van der Waals surface area contributed by atoms with Crippen molar-refractivity contribution in [3.63, 3.8) is 0 Å². The molecule has 1 saturated heterocycles. The van der Waals surface area contributed by atoms with Crippen LogP contribution in [0.2, 0.25) is 0 Å². The Labute approximate surface area is 190 Å². The second-order valence-corrected chi connectivity index (χ2v) is 9.73. The fourth-order valence-corrected chi connectivity index (χ4v) is 5.01. The zero-order valence-electron chi connectivity index (χ0n) is 18.8. The molecule has 0 unspecified atom stereocenters. The highest BCUT2D eigenvalue weighted by Gasteiger charge is 2.27. The molecule has 1 amide bonds. The van der Waals surface area contributed by atoms with Gasteiger partial charge in [-0.2, -0.15) is 5.10 Å². The molecule has 1 fully saturated rings. The van der Waals surface area contributed by atoms with Crippen LogP contribution in [-0.4, -0.2) is 61.7 Å². The SMILES string of the molecule is CC(C)c1cc(C(=O)N2CCN(c3nc4cccnc4s3)CC2)c2cnn(C(C)C)c2n1. The van der Waals surface area contributed by atoms with Gasteiger partial charge in [0.15, 0.2) is 10.8 Å². The molecule has 0 spiro atoms. The fraction of sp³-hybridized carbons (Fsp3) is 0.435. The molecular weight excluding hydrogens is 422 g/mol. The van der Waals surface area contributed by atoms with Crippen molar-refractivity contribution >= 4 is 43.8 Å². The lowest BCUT2D eigenvalue weighted by molar-refractivity contribution is 0.0748. The Kier molecular flexibility index (Phi) is 5.28. The van der Waals surface area contributed by atoms with E-state index in [1.165, 1.54) is 0 Å². The van der Waals surface area contributed by atoms with Crippen LogP contribution in [0.25, 0.3) is 21.4 Å². The first-order valence-corrected chi connectivity index (χ1v) is 11.9. The van der Waals surface area contributed by atoms with Crippen LogP contribution in [0.4, 0.5) is 5.13 Å². The Bertz CT molecular complexity index is 1250. The van der Waals surface area contributed by atoms with E-state index in [0.717, 1.165) is 45.3 Å². The molecule has 0 bridgehead atoms. The average molecular weight is 450 g/mol. The van der Waals surface area contributed by atoms with Crippen molar-refractivity contribution in [3.05, 3.63) is 41.9 Å². The minimum absolute atomic E-state index is 0.0493. The third-order valence-corrected chi connectivity index (χ3v) is 6.93. The molecule has 5 heterocycles. The molecule has 0 saturated carbocycles. The fourth-order valence-electron chi connectivity index (χ4n) is 4.05. The van der Waals surface area contributed by atoms with E-state index in [0.29, 0.717) is 18.7 Å². The molecule has 4 aromatic heterocycles. The quantitative estimate of drug-likeness (QED) is 0.467. The second kappa shape index (κ2) is 8.12. The number of hydrogen-bond donors (Lipinski definition) is 0. The van der Waals surface area contributed by atoms with Crippen LogP contribution in [0, 0.1) is 0 Å². The first-order valence-electron chi connectivity index (χ1n) is 11.1. The Morgan fingerprint density at radius 3 is 2.56 bits per heavy atom. The summed E-state index contributed by atoms with van der Waals surface area (Å²) in [5, 5.41) is 6.31. The van der Waals surface area contributed by atoms with Crippen molar-refractivity contribution in [2.45, 2.75) is 39.7 Å². The summed E-state index contributed by atoms with van der Waals surface area (Å²) in [7, 11) is 0. The van der Waals surface area contributed by atoms with Crippen LogP contribution >= 0.6 is 11.3 Å². The number of aromatic nitrogens is 5. The van der Waals surface area contributed by atoms with Gasteiger partial charge < -0.3 is 9.80 Å². The van der Waals surface area contributed by atoms with Crippen molar-refractivity contribution in [3.8, 4) is 0 Å². The molecule has 4 aromatic rings. The molecule has 5 rings (SSSR count). The van der Waals surface area contributed by atoms with Gasteiger partial charge in [0.05, 0.1) is 17.1 Å². The van der Waals surface area contributed by atoms with E-state index in [1.54, 1.807) is 23.7 Å². The summed E-state index contributed by atoms with van der Waals surface area (Å²) >= 11 is 1.60. The Morgan fingerprint density at radius 2 is 1.88 bits per heavy atom. The van der Waals surface area contributed by atoms with Gasteiger partial charge in [-0.3, -0.25) is 4.79 Å². The number of anilines is 1. The lowest BCUT2D eigenvalue weighted by atomic mass is 10.0. The first-order chi connectivity index (χ1) is 15.4. The molecule has 166 valence electrons. The summed E-state index contributed by atoms with van der Waals surface area (Å²) in [6, 6.07) is 6.02. The minimum Gasteiger partial charge on any atom is -0.344 e. The average Bonchev–Trinajstić information content (AvgIpc) is 3.42. The smallest absolute Gasteiger partial charge is 0.254 e. The zero-order valence-corrected chi connectivity index (χ0v) is 19.6. The Balaban J connectivity index is 1.40. The first kappa shape index (κ1) is 20.8. The number of carbonyl (C=O) groups is 1. The molecule has 8 nitrogen and oxygen atoms in total. The van der Waals surface area contributed by atoms with Gasteiger partial charge in [0.1, 0.15) is 10.3 Å². The summed E-state index contributed by atoms with van der Waals surface area (Å²) < 4.78 is 1.90. The number of fused-ring (bicyclic) bond motifs is 2. The zero-order chi connectivity index (χ0) is 22.4. The molecule has 0 aliphatic carbocycles. The number of carbonyl (C=O) groups excluding carboxylic acids is 1. The van der Waals surface area contributed by atoms with Crippen molar-refractivity contribution in [2.24, 2.45) is 0 Å². The van der Waals surface area contributed by atoms with Gasteiger partial charge in [-0.25, -0.2) is 19.6 Å². The van der Waals surface area contributed by atoms with Crippen LogP contribution in [0.5, 0.6) is 0 Å². The molecule has 0 aromatic carbocycles. The number of hydrogen-bond acceptors (Lipinski definition) is 7. The van der Waals surface area contributed by atoms with Gasteiger partial charge in [0, 0.05) is 44.1 Å². The molecule has 0 N–H and O–H groups in total. The van der Waals surface area contributed by atoms with Crippen molar-refractivity contribution in [1.82, 2.24) is 29.6 Å². The van der Waals surface area contributed by atoms with Crippen LogP contribution in [-0.2, 0) is 0 Å². The third-order valence-electron chi connectivity index (χ3n) is 5.89. The predicted molar refractivity (Wildman–Crippen MR) is 128 cm³/mol. The monoisotopic (exact) mass is 449 g/mol. The van der Waals surface area contributed by atoms with E-state index in [9.17, 15) is 4.79 Å². The number of thiazole rings is 1. The molecule has 0 radical (unpaired) electrons. The number of pyridine rings is 2. The molecule has 9 heteroatoms. The Hall–Kier alpha value is -3.07. The number of nitrogens with zero attached hydrogens (tertiary/aromatic N) is 7. The van der Waals surface area contributed by atoms with Gasteiger partial charge in [-0.1, -0.05) is 25.2 Å². The molecular formula is C23H27N7OS. The van der Waals surface area contributed by atoms with Gasteiger partial charge in [-0.15, -0.1) is 0 Å². The highest BCUT2D eigenvalue weighted by molar-refractivity contribution is 7.21. The van der Waals surface area contributed by atoms with E-state index in [4.69, 9.17) is 9.97 Å². The van der Waals surface area contributed by atoms with E-state index in [2.05, 4.69) is 42.7 Å². The van der Waals surface area contributed by atoms with Crippen LogP contribution < -0.4 is 4.90 Å². The highest BCUT2D eigenvalue weighted by atomic mass is 32.1. The number of rotatable bonds is 4. The van der Waals surface area contributed by atoms with Crippen LogP contribution in [0.15, 0.2) is 30.6 Å². The number of piperazine rings is 1. The van der Waals surface area contributed by atoms with Gasteiger partial charge in [-0.05, 0) is 38.0 Å². The maximum absolute atomic E-state index is 13.6. The minimum atomic E-state index is 0.0493.